The third-order valence-corrected chi connectivity index (χ3v) is 3.48. The van der Waals surface area contributed by atoms with Gasteiger partial charge in [0.25, 0.3) is 0 Å². The summed E-state index contributed by atoms with van der Waals surface area (Å²) in [6, 6.07) is 11.9. The molecule has 0 aliphatic carbocycles. The van der Waals surface area contributed by atoms with Gasteiger partial charge in [0.15, 0.2) is 5.65 Å². The minimum atomic E-state index is 0.762. The first kappa shape index (κ1) is 13.4. The quantitative estimate of drug-likeness (QED) is 0.731. The number of anilines is 2. The smallest absolute Gasteiger partial charge is 0.157 e. The highest BCUT2D eigenvalue weighted by atomic mass is 15.3. The Kier molecular flexibility index (Phi) is 3.73. The van der Waals surface area contributed by atoms with Crippen LogP contribution in [-0.2, 0) is 6.54 Å². The highest BCUT2D eigenvalue weighted by Gasteiger charge is 2.10. The van der Waals surface area contributed by atoms with Gasteiger partial charge in [-0.05, 0) is 24.1 Å². The van der Waals surface area contributed by atoms with Gasteiger partial charge in [-0.3, -0.25) is 0 Å². The molecule has 5 heteroatoms. The van der Waals surface area contributed by atoms with E-state index >= 15 is 0 Å². The molecule has 0 aliphatic heterocycles. The van der Waals surface area contributed by atoms with E-state index in [1.165, 1.54) is 0 Å². The van der Waals surface area contributed by atoms with Gasteiger partial charge in [-0.25, -0.2) is 9.50 Å². The number of nitrogens with zero attached hydrogens (tertiary/aromatic N) is 4. The molecular weight excluding hydrogens is 262 g/mol. The molecule has 2 N–H and O–H groups in total. The van der Waals surface area contributed by atoms with E-state index in [9.17, 15) is 0 Å². The number of rotatable bonds is 5. The molecule has 2 aromatic heterocycles. The molecule has 0 saturated carbocycles. The summed E-state index contributed by atoms with van der Waals surface area (Å²) in [6.07, 6.45) is 4.75. The van der Waals surface area contributed by atoms with E-state index in [2.05, 4.69) is 28.0 Å². The molecule has 0 amide bonds. The summed E-state index contributed by atoms with van der Waals surface area (Å²) in [4.78, 5) is 6.91. The van der Waals surface area contributed by atoms with E-state index in [1.807, 2.05) is 36.5 Å². The molecule has 0 fully saturated rings. The van der Waals surface area contributed by atoms with Crippen LogP contribution in [0.2, 0.25) is 0 Å². The van der Waals surface area contributed by atoms with Crippen LogP contribution in [0.5, 0.6) is 0 Å². The van der Waals surface area contributed by atoms with E-state index in [4.69, 9.17) is 5.73 Å². The molecule has 3 rings (SSSR count). The van der Waals surface area contributed by atoms with Crippen molar-refractivity contribution in [1.29, 1.82) is 0 Å². The van der Waals surface area contributed by atoms with Gasteiger partial charge in [-0.15, -0.1) is 0 Å². The third kappa shape index (κ3) is 2.81. The Morgan fingerprint density at radius 1 is 1.19 bits per heavy atom. The molecule has 2 heterocycles. The topological polar surface area (TPSA) is 59.5 Å². The Labute approximate surface area is 124 Å². The molecule has 1 aromatic carbocycles. The van der Waals surface area contributed by atoms with Crippen LogP contribution in [0.3, 0.4) is 0 Å². The average molecular weight is 281 g/mol. The zero-order valence-electron chi connectivity index (χ0n) is 12.1. The van der Waals surface area contributed by atoms with Crippen LogP contribution in [0.25, 0.3) is 5.65 Å². The fourth-order valence-electron chi connectivity index (χ4n) is 2.41. The summed E-state index contributed by atoms with van der Waals surface area (Å²) in [5.74, 6) is 0.952. The second-order valence-electron chi connectivity index (χ2n) is 5.04. The lowest BCUT2D eigenvalue weighted by atomic mass is 10.1. The summed E-state index contributed by atoms with van der Waals surface area (Å²) in [5.41, 5.74) is 8.86. The first-order valence-electron chi connectivity index (χ1n) is 7.16. The van der Waals surface area contributed by atoms with Crippen molar-refractivity contribution in [2.75, 3.05) is 17.2 Å². The lowest BCUT2D eigenvalue weighted by molar-refractivity contribution is 0.753. The maximum Gasteiger partial charge on any atom is 0.157 e. The number of fused-ring (bicyclic) bond motifs is 1. The van der Waals surface area contributed by atoms with Crippen molar-refractivity contribution in [2.45, 2.75) is 19.9 Å². The average Bonchev–Trinajstić information content (AvgIpc) is 2.96. The first-order chi connectivity index (χ1) is 10.3. The van der Waals surface area contributed by atoms with Gasteiger partial charge in [0.05, 0.1) is 6.20 Å². The van der Waals surface area contributed by atoms with Crippen molar-refractivity contribution < 1.29 is 0 Å². The van der Waals surface area contributed by atoms with Crippen molar-refractivity contribution in [2.24, 2.45) is 0 Å². The van der Waals surface area contributed by atoms with Gasteiger partial charge in [0.2, 0.25) is 0 Å². The molecule has 0 bridgehead atoms. The van der Waals surface area contributed by atoms with Crippen molar-refractivity contribution >= 4 is 17.2 Å². The molecule has 0 saturated heterocycles. The Morgan fingerprint density at radius 2 is 2.05 bits per heavy atom. The number of nitrogen functional groups attached to an aromatic ring is 1. The minimum absolute atomic E-state index is 0.762. The van der Waals surface area contributed by atoms with Gasteiger partial charge in [-0.1, -0.05) is 25.1 Å². The van der Waals surface area contributed by atoms with E-state index in [0.717, 1.165) is 42.2 Å². The number of para-hydroxylation sites is 1. The molecule has 5 nitrogen and oxygen atoms in total. The van der Waals surface area contributed by atoms with Crippen molar-refractivity contribution in [3.05, 3.63) is 54.4 Å². The second kappa shape index (κ2) is 5.83. The molecule has 0 radical (unpaired) electrons. The van der Waals surface area contributed by atoms with E-state index < -0.39 is 0 Å². The minimum Gasteiger partial charge on any atom is -0.398 e. The molecule has 0 spiro atoms. The summed E-state index contributed by atoms with van der Waals surface area (Å²) in [7, 11) is 0. The van der Waals surface area contributed by atoms with Crippen LogP contribution >= 0.6 is 0 Å². The van der Waals surface area contributed by atoms with E-state index in [0.29, 0.717) is 0 Å². The van der Waals surface area contributed by atoms with Crippen LogP contribution in [0.15, 0.2) is 48.8 Å². The molecule has 0 aliphatic rings. The number of nitrogens with two attached hydrogens (primary N) is 1. The number of benzene rings is 1. The molecule has 3 aromatic rings. The van der Waals surface area contributed by atoms with Gasteiger partial charge in [0, 0.05) is 31.0 Å². The fraction of sp³-hybridized carbons (Fsp3) is 0.250. The summed E-state index contributed by atoms with van der Waals surface area (Å²) in [6.45, 7) is 3.86. The zero-order chi connectivity index (χ0) is 14.7. The number of hydrogen-bond acceptors (Lipinski definition) is 4. The second-order valence-corrected chi connectivity index (χ2v) is 5.04. The molecule has 21 heavy (non-hydrogen) atoms. The fourth-order valence-corrected chi connectivity index (χ4v) is 2.41. The maximum absolute atomic E-state index is 6.06. The van der Waals surface area contributed by atoms with E-state index in [1.54, 1.807) is 10.7 Å². The van der Waals surface area contributed by atoms with Crippen LogP contribution < -0.4 is 10.6 Å². The predicted octanol–water partition coefficient (Wildman–Crippen LogP) is 2.73. The van der Waals surface area contributed by atoms with Crippen molar-refractivity contribution in [3.63, 3.8) is 0 Å². The summed E-state index contributed by atoms with van der Waals surface area (Å²) < 4.78 is 1.77. The van der Waals surface area contributed by atoms with Crippen LogP contribution in [-0.4, -0.2) is 21.1 Å². The van der Waals surface area contributed by atoms with Crippen LogP contribution in [0.1, 0.15) is 18.9 Å². The SMILES string of the molecule is CCCN(Cc1ccccc1N)c1ccn2nccc2n1. The Morgan fingerprint density at radius 3 is 2.86 bits per heavy atom. The maximum atomic E-state index is 6.06. The zero-order valence-corrected chi connectivity index (χ0v) is 12.1. The molecule has 0 unspecified atom stereocenters. The van der Waals surface area contributed by atoms with Crippen LogP contribution in [0, 0.1) is 0 Å². The summed E-state index contributed by atoms with van der Waals surface area (Å²) in [5, 5.41) is 4.18. The van der Waals surface area contributed by atoms with Gasteiger partial charge < -0.3 is 10.6 Å². The van der Waals surface area contributed by atoms with Gasteiger partial charge in [-0.2, -0.15) is 5.10 Å². The first-order valence-corrected chi connectivity index (χ1v) is 7.16. The largest absolute Gasteiger partial charge is 0.398 e. The van der Waals surface area contributed by atoms with Crippen molar-refractivity contribution in [3.8, 4) is 0 Å². The lowest BCUT2D eigenvalue weighted by Gasteiger charge is -2.24. The normalized spacial score (nSPS) is 10.9. The molecular formula is C16H19N5. The highest BCUT2D eigenvalue weighted by Crippen LogP contribution is 2.19. The Balaban J connectivity index is 1.91. The predicted molar refractivity (Wildman–Crippen MR) is 85.2 cm³/mol. The standard InChI is InChI=1S/C16H19N5/c1-2-10-20(12-13-5-3-4-6-14(13)17)15-8-11-21-16(19-15)7-9-18-21/h3-9,11H,2,10,12,17H2,1H3. The van der Waals surface area contributed by atoms with Crippen molar-refractivity contribution in [1.82, 2.24) is 14.6 Å². The molecule has 0 atom stereocenters. The van der Waals surface area contributed by atoms with Gasteiger partial charge in [0.1, 0.15) is 5.82 Å². The van der Waals surface area contributed by atoms with Crippen LogP contribution in [0.4, 0.5) is 11.5 Å². The number of hydrogen-bond donors (Lipinski definition) is 1. The summed E-state index contributed by atoms with van der Waals surface area (Å²) >= 11 is 0. The van der Waals surface area contributed by atoms with Gasteiger partial charge >= 0.3 is 0 Å². The van der Waals surface area contributed by atoms with E-state index in [-0.39, 0.29) is 0 Å². The third-order valence-electron chi connectivity index (χ3n) is 3.48. The lowest BCUT2D eigenvalue weighted by Crippen LogP contribution is -2.25. The Bertz CT molecular complexity index is 734. The highest BCUT2D eigenvalue weighted by molar-refractivity contribution is 5.51. The Hall–Kier alpha value is -2.56. The molecule has 108 valence electrons. The monoisotopic (exact) mass is 281 g/mol. The number of aromatic nitrogens is 3.